The van der Waals surface area contributed by atoms with Crippen LogP contribution in [0.2, 0.25) is 0 Å². The number of hydrogen-bond acceptors (Lipinski definition) is 3. The molecule has 1 aromatic carbocycles. The minimum Gasteiger partial charge on any atom is -0.481 e. The van der Waals surface area contributed by atoms with Gasteiger partial charge >= 0.3 is 5.97 Å². The summed E-state index contributed by atoms with van der Waals surface area (Å²) in [7, 11) is 0. The molecular weight excluding hydrogens is 284 g/mol. The highest BCUT2D eigenvalue weighted by atomic mass is 16.4. The number of nitrogens with one attached hydrogen (secondary N) is 1. The van der Waals surface area contributed by atoms with E-state index in [9.17, 15) is 14.4 Å². The van der Waals surface area contributed by atoms with Gasteiger partial charge in [-0.05, 0) is 36.1 Å². The predicted octanol–water partition coefficient (Wildman–Crippen LogP) is 1.36. The molecule has 22 heavy (non-hydrogen) atoms. The first-order valence-corrected chi connectivity index (χ1v) is 7.40. The average molecular weight is 302 g/mol. The van der Waals surface area contributed by atoms with Crippen LogP contribution in [0.3, 0.4) is 0 Å². The molecule has 2 amide bonds. The van der Waals surface area contributed by atoms with Gasteiger partial charge in [-0.3, -0.25) is 14.4 Å². The highest BCUT2D eigenvalue weighted by Crippen LogP contribution is 2.27. The smallest absolute Gasteiger partial charge is 0.308 e. The zero-order valence-corrected chi connectivity index (χ0v) is 12.3. The van der Waals surface area contributed by atoms with Gasteiger partial charge in [0.05, 0.1) is 5.92 Å². The quantitative estimate of drug-likeness (QED) is 0.863. The fraction of sp³-hybridized carbons (Fsp3) is 0.438. The van der Waals surface area contributed by atoms with Crippen LogP contribution in [0.15, 0.2) is 18.2 Å². The summed E-state index contributed by atoms with van der Waals surface area (Å²) >= 11 is 0. The first-order valence-electron chi connectivity index (χ1n) is 7.40. The molecule has 1 saturated heterocycles. The molecule has 0 radical (unpaired) electrons. The van der Waals surface area contributed by atoms with Gasteiger partial charge in [0.1, 0.15) is 0 Å². The number of aryl methyl sites for hydroxylation is 1. The van der Waals surface area contributed by atoms with E-state index in [1.54, 1.807) is 23.1 Å². The summed E-state index contributed by atoms with van der Waals surface area (Å²) in [6.07, 6.45) is 1.04. The highest BCUT2D eigenvalue weighted by molar-refractivity contribution is 5.98. The number of likely N-dealkylation sites (tertiary alicyclic amines) is 1. The third-order valence-corrected chi connectivity index (χ3v) is 4.46. The molecule has 0 aromatic heterocycles. The van der Waals surface area contributed by atoms with Crippen molar-refractivity contribution in [2.75, 3.05) is 18.4 Å². The van der Waals surface area contributed by atoms with Crippen LogP contribution >= 0.6 is 0 Å². The minimum absolute atomic E-state index is 0.00996. The number of carboxylic acids is 1. The van der Waals surface area contributed by atoms with Gasteiger partial charge in [0.15, 0.2) is 0 Å². The second-order valence-electron chi connectivity index (χ2n) is 6.05. The third-order valence-electron chi connectivity index (χ3n) is 4.46. The van der Waals surface area contributed by atoms with E-state index in [1.165, 1.54) is 0 Å². The number of amides is 2. The molecule has 2 N–H and O–H groups in total. The molecular formula is C16H18N2O4. The molecule has 0 aliphatic carbocycles. The number of aliphatic carboxylic acids is 1. The van der Waals surface area contributed by atoms with Gasteiger partial charge in [-0.15, -0.1) is 0 Å². The molecule has 2 heterocycles. The SMILES string of the molecule is C[C@@H]1CN(C(=O)c2ccc3c(c2)CCC(=O)N3)C[C@H]1C(=O)O. The Kier molecular flexibility index (Phi) is 3.60. The van der Waals surface area contributed by atoms with Crippen molar-refractivity contribution in [3.8, 4) is 0 Å². The summed E-state index contributed by atoms with van der Waals surface area (Å²) in [4.78, 5) is 36.7. The summed E-state index contributed by atoms with van der Waals surface area (Å²) in [5, 5.41) is 11.9. The first-order chi connectivity index (χ1) is 10.5. The monoisotopic (exact) mass is 302 g/mol. The molecule has 6 nitrogen and oxygen atoms in total. The van der Waals surface area contributed by atoms with Crippen LogP contribution in [-0.2, 0) is 16.0 Å². The van der Waals surface area contributed by atoms with Gasteiger partial charge in [0.25, 0.3) is 5.91 Å². The Bertz CT molecular complexity index is 656. The van der Waals surface area contributed by atoms with Crippen molar-refractivity contribution < 1.29 is 19.5 Å². The Morgan fingerprint density at radius 3 is 2.73 bits per heavy atom. The second kappa shape index (κ2) is 5.44. The lowest BCUT2D eigenvalue weighted by molar-refractivity contribution is -0.142. The van der Waals surface area contributed by atoms with E-state index < -0.39 is 11.9 Å². The van der Waals surface area contributed by atoms with Gasteiger partial charge in [-0.2, -0.15) is 0 Å². The largest absolute Gasteiger partial charge is 0.481 e. The van der Waals surface area contributed by atoms with Crippen molar-refractivity contribution in [3.63, 3.8) is 0 Å². The Morgan fingerprint density at radius 1 is 1.27 bits per heavy atom. The lowest BCUT2D eigenvalue weighted by Gasteiger charge is -2.20. The summed E-state index contributed by atoms with van der Waals surface area (Å²) < 4.78 is 0. The van der Waals surface area contributed by atoms with Gasteiger partial charge in [0.2, 0.25) is 5.91 Å². The molecule has 6 heteroatoms. The number of rotatable bonds is 2. The number of fused-ring (bicyclic) bond motifs is 1. The van der Waals surface area contributed by atoms with Gasteiger partial charge < -0.3 is 15.3 Å². The third kappa shape index (κ3) is 2.56. The lowest BCUT2D eigenvalue weighted by atomic mass is 9.99. The van der Waals surface area contributed by atoms with Crippen molar-refractivity contribution in [1.82, 2.24) is 4.90 Å². The van der Waals surface area contributed by atoms with Crippen molar-refractivity contribution >= 4 is 23.5 Å². The van der Waals surface area contributed by atoms with Gasteiger partial charge in [-0.1, -0.05) is 6.92 Å². The van der Waals surface area contributed by atoms with E-state index in [0.717, 1.165) is 11.3 Å². The molecule has 116 valence electrons. The molecule has 3 rings (SSSR count). The van der Waals surface area contributed by atoms with Crippen LogP contribution in [-0.4, -0.2) is 40.9 Å². The Balaban J connectivity index is 1.79. The van der Waals surface area contributed by atoms with Crippen LogP contribution < -0.4 is 5.32 Å². The van der Waals surface area contributed by atoms with E-state index in [1.807, 2.05) is 6.92 Å². The van der Waals surface area contributed by atoms with E-state index >= 15 is 0 Å². The second-order valence-corrected chi connectivity index (χ2v) is 6.05. The van der Waals surface area contributed by atoms with Crippen molar-refractivity contribution in [2.45, 2.75) is 19.8 Å². The highest BCUT2D eigenvalue weighted by Gasteiger charge is 2.37. The van der Waals surface area contributed by atoms with E-state index in [4.69, 9.17) is 5.11 Å². The molecule has 0 bridgehead atoms. The molecule has 0 unspecified atom stereocenters. The number of benzene rings is 1. The van der Waals surface area contributed by atoms with Crippen LogP contribution in [0.4, 0.5) is 5.69 Å². The lowest BCUT2D eigenvalue weighted by Crippen LogP contribution is -2.30. The van der Waals surface area contributed by atoms with Crippen LogP contribution in [0.5, 0.6) is 0 Å². The fourth-order valence-electron chi connectivity index (χ4n) is 3.15. The number of carboxylic acid groups (broad SMARTS) is 1. The zero-order chi connectivity index (χ0) is 15.9. The minimum atomic E-state index is -0.851. The summed E-state index contributed by atoms with van der Waals surface area (Å²) in [6.45, 7) is 2.57. The maximum Gasteiger partial charge on any atom is 0.308 e. The predicted molar refractivity (Wildman–Crippen MR) is 79.6 cm³/mol. The zero-order valence-electron chi connectivity index (χ0n) is 12.3. The van der Waals surface area contributed by atoms with E-state index in [0.29, 0.717) is 24.9 Å². The van der Waals surface area contributed by atoms with Gasteiger partial charge in [-0.25, -0.2) is 0 Å². The molecule has 2 aliphatic heterocycles. The van der Waals surface area contributed by atoms with Crippen molar-refractivity contribution in [3.05, 3.63) is 29.3 Å². The topological polar surface area (TPSA) is 86.7 Å². The van der Waals surface area contributed by atoms with Crippen molar-refractivity contribution in [1.29, 1.82) is 0 Å². The normalized spacial score (nSPS) is 23.9. The number of carbonyl (C=O) groups is 3. The van der Waals surface area contributed by atoms with Crippen LogP contribution in [0.25, 0.3) is 0 Å². The maximum absolute atomic E-state index is 12.6. The first kappa shape index (κ1) is 14.6. The number of anilines is 1. The molecule has 2 aliphatic rings. The average Bonchev–Trinajstić information content (AvgIpc) is 2.88. The number of carbonyl (C=O) groups excluding carboxylic acids is 2. The van der Waals surface area contributed by atoms with Crippen LogP contribution in [0.1, 0.15) is 29.3 Å². The molecule has 1 aromatic rings. The fourth-order valence-corrected chi connectivity index (χ4v) is 3.15. The molecule has 2 atom stereocenters. The molecule has 0 saturated carbocycles. The number of hydrogen-bond donors (Lipinski definition) is 2. The summed E-state index contributed by atoms with van der Waals surface area (Å²) in [5.41, 5.74) is 2.26. The van der Waals surface area contributed by atoms with Crippen molar-refractivity contribution in [2.24, 2.45) is 11.8 Å². The standard InChI is InChI=1S/C16H18N2O4/c1-9-7-18(8-12(9)16(21)22)15(20)11-2-4-13-10(6-11)3-5-14(19)17-13/h2,4,6,9,12H,3,5,7-8H2,1H3,(H,17,19)(H,21,22)/t9-,12-/m1/s1. The summed E-state index contributed by atoms with van der Waals surface area (Å²) in [5.74, 6) is -1.55. The molecule has 0 spiro atoms. The Morgan fingerprint density at radius 2 is 2.05 bits per heavy atom. The van der Waals surface area contributed by atoms with E-state index in [-0.39, 0.29) is 24.3 Å². The number of nitrogens with zero attached hydrogens (tertiary/aromatic N) is 1. The Hall–Kier alpha value is -2.37. The van der Waals surface area contributed by atoms with E-state index in [2.05, 4.69) is 5.32 Å². The van der Waals surface area contributed by atoms with Gasteiger partial charge in [0, 0.05) is 30.8 Å². The summed E-state index contributed by atoms with van der Waals surface area (Å²) in [6, 6.07) is 5.23. The Labute approximate surface area is 128 Å². The maximum atomic E-state index is 12.6. The van der Waals surface area contributed by atoms with Crippen LogP contribution in [0, 0.1) is 11.8 Å². The molecule has 1 fully saturated rings.